The first-order valence-electron chi connectivity index (χ1n) is 8.86. The lowest BCUT2D eigenvalue weighted by Gasteiger charge is -2.03. The van der Waals surface area contributed by atoms with E-state index in [1.54, 1.807) is 12.1 Å². The summed E-state index contributed by atoms with van der Waals surface area (Å²) in [6.07, 6.45) is 2.29. The van der Waals surface area contributed by atoms with E-state index in [1.165, 1.54) is 24.3 Å². The molecular weight excluding hydrogens is 331 g/mol. The van der Waals surface area contributed by atoms with E-state index in [9.17, 15) is 18.8 Å². The Labute approximate surface area is 153 Å². The molecule has 0 aliphatic carbocycles. The summed E-state index contributed by atoms with van der Waals surface area (Å²) in [5.41, 5.74) is 2.24. The van der Waals surface area contributed by atoms with Crippen LogP contribution in [0.3, 0.4) is 0 Å². The summed E-state index contributed by atoms with van der Waals surface area (Å²) >= 11 is 0. The number of hydrogen-bond acceptors (Lipinski definition) is 3. The zero-order valence-electron chi connectivity index (χ0n) is 15.0. The zero-order valence-corrected chi connectivity index (χ0v) is 15.0. The molecule has 0 saturated heterocycles. The fourth-order valence-electron chi connectivity index (χ4n) is 2.68. The zero-order chi connectivity index (χ0) is 18.9. The Morgan fingerprint density at radius 3 is 1.58 bits per heavy atom. The second kappa shape index (κ2) is 9.76. The number of hydrogen-bond donors (Lipinski definition) is 0. The fraction of sp³-hybridized carbons (Fsp3) is 0.318. The van der Waals surface area contributed by atoms with Crippen molar-refractivity contribution in [3.05, 3.63) is 71.0 Å². The number of rotatable bonds is 10. The Morgan fingerprint density at radius 2 is 1.12 bits per heavy atom. The van der Waals surface area contributed by atoms with Crippen LogP contribution in [0.25, 0.3) is 0 Å². The SMILES string of the molecule is Cc1ccc(C(=O)CCCC(=O)CCCC(=O)c2ccc(F)cc2)cc1. The van der Waals surface area contributed by atoms with Gasteiger partial charge in [0.1, 0.15) is 11.6 Å². The Morgan fingerprint density at radius 1 is 0.692 bits per heavy atom. The van der Waals surface area contributed by atoms with Gasteiger partial charge in [0, 0.05) is 36.8 Å². The highest BCUT2D eigenvalue weighted by Gasteiger charge is 2.10. The Kier molecular flexibility index (Phi) is 7.39. The van der Waals surface area contributed by atoms with Crippen LogP contribution >= 0.6 is 0 Å². The molecule has 0 aliphatic rings. The Bertz CT molecular complexity index is 695. The van der Waals surface area contributed by atoms with Crippen molar-refractivity contribution in [2.45, 2.75) is 45.4 Å². The molecule has 0 spiro atoms. The van der Waals surface area contributed by atoms with Crippen molar-refractivity contribution in [3.8, 4) is 0 Å². The standard InChI is InChI=1S/C22H23FO3/c1-16-8-10-17(11-9-16)21(25)6-2-4-20(24)5-3-7-22(26)18-12-14-19(23)15-13-18/h8-15H,2-7H2,1H3. The number of aryl methyl sites for hydroxylation is 1. The van der Waals surface area contributed by atoms with Crippen molar-refractivity contribution < 1.29 is 18.8 Å². The second-order valence-corrected chi connectivity index (χ2v) is 6.47. The molecule has 3 nitrogen and oxygen atoms in total. The Balaban J connectivity index is 1.64. The van der Waals surface area contributed by atoms with E-state index in [0.717, 1.165) is 5.56 Å². The van der Waals surface area contributed by atoms with Crippen molar-refractivity contribution in [1.82, 2.24) is 0 Å². The maximum Gasteiger partial charge on any atom is 0.162 e. The van der Waals surface area contributed by atoms with Crippen LogP contribution in [0.5, 0.6) is 0 Å². The van der Waals surface area contributed by atoms with Gasteiger partial charge in [-0.25, -0.2) is 4.39 Å². The van der Waals surface area contributed by atoms with E-state index in [4.69, 9.17) is 0 Å². The first kappa shape index (κ1) is 19.7. The highest BCUT2D eigenvalue weighted by Crippen LogP contribution is 2.12. The van der Waals surface area contributed by atoms with Gasteiger partial charge in [-0.1, -0.05) is 29.8 Å². The molecule has 0 fully saturated rings. The molecule has 0 atom stereocenters. The quantitative estimate of drug-likeness (QED) is 0.557. The third-order valence-corrected chi connectivity index (χ3v) is 4.26. The number of Topliss-reactive ketones (excluding diaryl/α,β-unsaturated/α-hetero) is 3. The van der Waals surface area contributed by atoms with Crippen molar-refractivity contribution in [1.29, 1.82) is 0 Å². The summed E-state index contributed by atoms with van der Waals surface area (Å²) in [6, 6.07) is 12.8. The molecule has 0 radical (unpaired) electrons. The molecule has 0 heterocycles. The highest BCUT2D eigenvalue weighted by atomic mass is 19.1. The highest BCUT2D eigenvalue weighted by molar-refractivity contribution is 5.97. The van der Waals surface area contributed by atoms with Gasteiger partial charge in [-0.2, -0.15) is 0 Å². The monoisotopic (exact) mass is 354 g/mol. The molecule has 0 unspecified atom stereocenters. The minimum atomic E-state index is -0.378. The van der Waals surface area contributed by atoms with E-state index in [0.29, 0.717) is 43.2 Å². The molecule has 0 saturated carbocycles. The smallest absolute Gasteiger partial charge is 0.162 e. The fourth-order valence-corrected chi connectivity index (χ4v) is 2.68. The molecule has 0 amide bonds. The summed E-state index contributed by atoms with van der Waals surface area (Å²) in [5.74, 6) is -0.359. The molecule has 0 bridgehead atoms. The van der Waals surface area contributed by atoms with Crippen LogP contribution in [0.4, 0.5) is 4.39 Å². The predicted molar refractivity (Wildman–Crippen MR) is 98.9 cm³/mol. The molecule has 0 aromatic heterocycles. The maximum absolute atomic E-state index is 12.8. The predicted octanol–water partition coefficient (Wildman–Crippen LogP) is 5.11. The number of carbonyl (C=O) groups excluding carboxylic acids is 3. The van der Waals surface area contributed by atoms with Crippen molar-refractivity contribution in [3.63, 3.8) is 0 Å². The third kappa shape index (κ3) is 6.36. The molecule has 2 rings (SSSR count). The van der Waals surface area contributed by atoms with E-state index >= 15 is 0 Å². The van der Waals surface area contributed by atoms with Gasteiger partial charge in [0.2, 0.25) is 0 Å². The maximum atomic E-state index is 12.8. The van der Waals surface area contributed by atoms with E-state index < -0.39 is 0 Å². The van der Waals surface area contributed by atoms with Crippen molar-refractivity contribution >= 4 is 17.3 Å². The average Bonchev–Trinajstić information content (AvgIpc) is 2.62. The largest absolute Gasteiger partial charge is 0.300 e. The third-order valence-electron chi connectivity index (χ3n) is 4.26. The number of ketones is 3. The van der Waals surface area contributed by atoms with E-state index in [1.807, 2.05) is 19.1 Å². The van der Waals surface area contributed by atoms with Gasteiger partial charge < -0.3 is 0 Å². The molecular formula is C22H23FO3. The van der Waals surface area contributed by atoms with Crippen LogP contribution in [0.15, 0.2) is 48.5 Å². The summed E-state index contributed by atoms with van der Waals surface area (Å²) in [6.45, 7) is 1.97. The lowest BCUT2D eigenvalue weighted by Crippen LogP contribution is -2.04. The van der Waals surface area contributed by atoms with Gasteiger partial charge in [0.05, 0.1) is 0 Å². The normalized spacial score (nSPS) is 10.5. The van der Waals surface area contributed by atoms with Gasteiger partial charge >= 0.3 is 0 Å². The number of carbonyl (C=O) groups is 3. The van der Waals surface area contributed by atoms with Crippen molar-refractivity contribution in [2.24, 2.45) is 0 Å². The lowest BCUT2D eigenvalue weighted by molar-refractivity contribution is -0.119. The van der Waals surface area contributed by atoms with Crippen LogP contribution in [0.1, 0.15) is 64.8 Å². The first-order chi connectivity index (χ1) is 12.5. The Hall–Kier alpha value is -2.62. The van der Waals surface area contributed by atoms with Crippen molar-refractivity contribution in [2.75, 3.05) is 0 Å². The molecule has 2 aromatic rings. The van der Waals surface area contributed by atoms with E-state index in [2.05, 4.69) is 0 Å². The van der Waals surface area contributed by atoms with Gasteiger partial charge in [-0.15, -0.1) is 0 Å². The average molecular weight is 354 g/mol. The topological polar surface area (TPSA) is 51.2 Å². The summed E-state index contributed by atoms with van der Waals surface area (Å²) in [7, 11) is 0. The number of benzene rings is 2. The summed E-state index contributed by atoms with van der Waals surface area (Å²) < 4.78 is 12.8. The minimum Gasteiger partial charge on any atom is -0.300 e. The van der Waals surface area contributed by atoms with E-state index in [-0.39, 0.29) is 29.6 Å². The van der Waals surface area contributed by atoms with Gasteiger partial charge in [0.25, 0.3) is 0 Å². The summed E-state index contributed by atoms with van der Waals surface area (Å²) in [4.78, 5) is 35.9. The molecule has 0 N–H and O–H groups in total. The second-order valence-electron chi connectivity index (χ2n) is 6.47. The molecule has 0 aliphatic heterocycles. The van der Waals surface area contributed by atoms with Crippen LogP contribution < -0.4 is 0 Å². The lowest BCUT2D eigenvalue weighted by atomic mass is 10.0. The van der Waals surface area contributed by atoms with Gasteiger partial charge in [-0.3, -0.25) is 14.4 Å². The van der Waals surface area contributed by atoms with Crippen LogP contribution in [-0.4, -0.2) is 17.3 Å². The molecule has 4 heteroatoms. The van der Waals surface area contributed by atoms with Gasteiger partial charge in [0.15, 0.2) is 11.6 Å². The number of halogens is 1. The molecule has 26 heavy (non-hydrogen) atoms. The first-order valence-corrected chi connectivity index (χ1v) is 8.86. The molecule has 136 valence electrons. The molecule has 2 aromatic carbocycles. The van der Waals surface area contributed by atoms with Crippen LogP contribution in [-0.2, 0) is 4.79 Å². The van der Waals surface area contributed by atoms with Crippen LogP contribution in [0, 0.1) is 12.7 Å². The summed E-state index contributed by atoms with van der Waals surface area (Å²) in [5, 5.41) is 0. The van der Waals surface area contributed by atoms with Crippen LogP contribution in [0.2, 0.25) is 0 Å². The van der Waals surface area contributed by atoms with Gasteiger partial charge in [-0.05, 0) is 44.0 Å². The minimum absolute atomic E-state index is 0.0456.